The number of carbonyl (C=O) groups excluding carboxylic acids is 2. The summed E-state index contributed by atoms with van der Waals surface area (Å²) in [7, 11) is 1.64. The van der Waals surface area contributed by atoms with Crippen molar-refractivity contribution in [3.05, 3.63) is 59.1 Å². The first-order valence-corrected chi connectivity index (χ1v) is 8.96. The van der Waals surface area contributed by atoms with Crippen LogP contribution in [0.25, 0.3) is 0 Å². The zero-order valence-electron chi connectivity index (χ0n) is 14.9. The Kier molecular flexibility index (Phi) is 5.47. The Bertz CT molecular complexity index is 824. The third kappa shape index (κ3) is 3.99. The first kappa shape index (κ1) is 18.3. The van der Waals surface area contributed by atoms with Crippen LogP contribution in [-0.4, -0.2) is 42.9 Å². The van der Waals surface area contributed by atoms with E-state index in [0.29, 0.717) is 10.7 Å². The van der Waals surface area contributed by atoms with Crippen LogP contribution in [0.3, 0.4) is 0 Å². The molecule has 0 saturated heterocycles. The van der Waals surface area contributed by atoms with Gasteiger partial charge in [0.2, 0.25) is 11.8 Å². The van der Waals surface area contributed by atoms with Crippen molar-refractivity contribution in [3.8, 4) is 0 Å². The lowest BCUT2D eigenvalue weighted by atomic mass is 10.1. The number of halogens is 1. The van der Waals surface area contributed by atoms with E-state index in [1.807, 2.05) is 18.2 Å². The maximum absolute atomic E-state index is 12.6. The minimum absolute atomic E-state index is 0.0199. The molecule has 0 bridgehead atoms. The van der Waals surface area contributed by atoms with Crippen molar-refractivity contribution in [1.29, 1.82) is 0 Å². The monoisotopic (exact) mass is 371 g/mol. The molecule has 2 amide bonds. The van der Waals surface area contributed by atoms with Crippen LogP contribution in [0.4, 0.5) is 11.4 Å². The van der Waals surface area contributed by atoms with Crippen molar-refractivity contribution in [2.75, 3.05) is 30.4 Å². The molecule has 0 aromatic heterocycles. The smallest absolute Gasteiger partial charge is 0.244 e. The van der Waals surface area contributed by atoms with Crippen molar-refractivity contribution in [2.45, 2.75) is 19.4 Å². The molecule has 0 radical (unpaired) electrons. The van der Waals surface area contributed by atoms with Crippen LogP contribution in [-0.2, 0) is 16.0 Å². The number of nitrogens with zero attached hydrogens (tertiary/aromatic N) is 2. The van der Waals surface area contributed by atoms with Gasteiger partial charge in [0.25, 0.3) is 0 Å². The highest BCUT2D eigenvalue weighted by atomic mass is 35.5. The highest BCUT2D eigenvalue weighted by molar-refractivity contribution is 6.33. The van der Waals surface area contributed by atoms with Gasteiger partial charge in [-0.05, 0) is 37.1 Å². The first-order chi connectivity index (χ1) is 12.5. The molecule has 2 aromatic rings. The van der Waals surface area contributed by atoms with Gasteiger partial charge >= 0.3 is 0 Å². The van der Waals surface area contributed by atoms with Gasteiger partial charge in [0.1, 0.15) is 0 Å². The van der Waals surface area contributed by atoms with Crippen LogP contribution in [0.2, 0.25) is 5.02 Å². The van der Waals surface area contributed by atoms with Crippen LogP contribution in [0.15, 0.2) is 48.5 Å². The molecule has 5 nitrogen and oxygen atoms in total. The average molecular weight is 372 g/mol. The lowest BCUT2D eigenvalue weighted by Gasteiger charge is -2.27. The number of hydrogen-bond donors (Lipinski definition) is 1. The number of rotatable bonds is 5. The van der Waals surface area contributed by atoms with Crippen molar-refractivity contribution >= 4 is 34.8 Å². The number of amides is 2. The Labute approximate surface area is 158 Å². The van der Waals surface area contributed by atoms with Crippen LogP contribution < -0.4 is 10.2 Å². The molecular weight excluding hydrogens is 350 g/mol. The third-order valence-electron chi connectivity index (χ3n) is 4.61. The van der Waals surface area contributed by atoms with E-state index >= 15 is 0 Å². The Balaban J connectivity index is 1.58. The lowest BCUT2D eigenvalue weighted by Crippen LogP contribution is -2.43. The normalized spacial score (nSPS) is 15.5. The van der Waals surface area contributed by atoms with Crippen LogP contribution in [0, 0.1) is 0 Å². The van der Waals surface area contributed by atoms with Gasteiger partial charge in [0.15, 0.2) is 0 Å². The maximum Gasteiger partial charge on any atom is 0.244 e. The summed E-state index contributed by atoms with van der Waals surface area (Å²) in [4.78, 5) is 28.3. The molecule has 0 unspecified atom stereocenters. The lowest BCUT2D eigenvalue weighted by molar-refractivity contribution is -0.132. The molecule has 1 atom stereocenters. The van der Waals surface area contributed by atoms with Gasteiger partial charge in [-0.15, -0.1) is 0 Å². The summed E-state index contributed by atoms with van der Waals surface area (Å²) in [5.74, 6) is -0.369. The summed E-state index contributed by atoms with van der Waals surface area (Å²) in [6, 6.07) is 15.4. The Morgan fingerprint density at radius 2 is 1.88 bits per heavy atom. The van der Waals surface area contributed by atoms with E-state index in [1.54, 1.807) is 31.3 Å². The van der Waals surface area contributed by atoms with E-state index in [4.69, 9.17) is 11.6 Å². The molecule has 1 N–H and O–H groups in total. The summed E-state index contributed by atoms with van der Waals surface area (Å²) < 4.78 is 0. The number of anilines is 2. The van der Waals surface area contributed by atoms with Gasteiger partial charge in [-0.2, -0.15) is 0 Å². The summed E-state index contributed by atoms with van der Waals surface area (Å²) in [5, 5.41) is 3.21. The number of benzene rings is 2. The van der Waals surface area contributed by atoms with Crippen molar-refractivity contribution in [2.24, 2.45) is 0 Å². The number of fused-ring (bicyclic) bond motifs is 1. The van der Waals surface area contributed by atoms with E-state index in [0.717, 1.165) is 12.1 Å². The van der Waals surface area contributed by atoms with Gasteiger partial charge in [0, 0.05) is 18.8 Å². The molecule has 1 aliphatic heterocycles. The average Bonchev–Trinajstić information content (AvgIpc) is 2.92. The number of para-hydroxylation sites is 2. The largest absolute Gasteiger partial charge is 0.359 e. The molecule has 1 heterocycles. The molecule has 0 saturated carbocycles. The Morgan fingerprint density at radius 3 is 2.65 bits per heavy atom. The van der Waals surface area contributed by atoms with Gasteiger partial charge < -0.3 is 15.1 Å². The Hall–Kier alpha value is -2.53. The topological polar surface area (TPSA) is 52.7 Å². The summed E-state index contributed by atoms with van der Waals surface area (Å²) in [6.45, 7) is 2.35. The molecule has 3 rings (SSSR count). The summed E-state index contributed by atoms with van der Waals surface area (Å²) in [6.07, 6.45) is 0.931. The summed E-state index contributed by atoms with van der Waals surface area (Å²) in [5.41, 5.74) is 2.90. The predicted octanol–water partition coefficient (Wildman–Crippen LogP) is 3.19. The molecule has 0 aliphatic carbocycles. The van der Waals surface area contributed by atoms with Crippen LogP contribution in [0.1, 0.15) is 12.5 Å². The molecule has 26 heavy (non-hydrogen) atoms. The van der Waals surface area contributed by atoms with Crippen molar-refractivity contribution in [3.63, 3.8) is 0 Å². The number of carbonyl (C=O) groups is 2. The van der Waals surface area contributed by atoms with Crippen LogP contribution >= 0.6 is 11.6 Å². The van der Waals surface area contributed by atoms with Crippen LogP contribution in [0.5, 0.6) is 0 Å². The molecule has 0 spiro atoms. The zero-order valence-corrected chi connectivity index (χ0v) is 15.7. The minimum atomic E-state index is -0.274. The number of likely N-dealkylation sites (N-methyl/N-ethyl adjacent to an activating group) is 1. The van der Waals surface area contributed by atoms with Gasteiger partial charge in [-0.1, -0.05) is 41.9 Å². The second-order valence-corrected chi connectivity index (χ2v) is 6.99. The van der Waals surface area contributed by atoms with E-state index in [-0.39, 0.29) is 30.9 Å². The number of hydrogen-bond acceptors (Lipinski definition) is 3. The molecule has 2 aromatic carbocycles. The highest BCUT2D eigenvalue weighted by Gasteiger charge is 2.28. The predicted molar refractivity (Wildman–Crippen MR) is 105 cm³/mol. The SMILES string of the molecule is C[C@@H]1Cc2ccccc2N1CC(=O)N(C)CC(=O)Nc1ccccc1Cl. The van der Waals surface area contributed by atoms with E-state index in [1.165, 1.54) is 10.5 Å². The molecule has 6 heteroatoms. The first-order valence-electron chi connectivity index (χ1n) is 8.58. The quantitative estimate of drug-likeness (QED) is 0.878. The standard InChI is InChI=1S/C20H22ClN3O2/c1-14-11-15-7-3-6-10-18(15)24(14)13-20(26)23(2)12-19(25)22-17-9-5-4-8-16(17)21/h3-10,14H,11-13H2,1-2H3,(H,22,25)/t14-/m1/s1. The van der Waals surface area contributed by atoms with Gasteiger partial charge in [-0.3, -0.25) is 9.59 Å². The fourth-order valence-electron chi connectivity index (χ4n) is 3.19. The van der Waals surface area contributed by atoms with E-state index in [9.17, 15) is 9.59 Å². The molecule has 0 fully saturated rings. The third-order valence-corrected chi connectivity index (χ3v) is 4.94. The number of nitrogens with one attached hydrogen (secondary N) is 1. The van der Waals surface area contributed by atoms with Gasteiger partial charge in [-0.25, -0.2) is 0 Å². The van der Waals surface area contributed by atoms with Crippen molar-refractivity contribution < 1.29 is 9.59 Å². The molecular formula is C20H22ClN3O2. The second kappa shape index (κ2) is 7.79. The minimum Gasteiger partial charge on any atom is -0.359 e. The maximum atomic E-state index is 12.6. The van der Waals surface area contributed by atoms with E-state index < -0.39 is 0 Å². The summed E-state index contributed by atoms with van der Waals surface area (Å²) >= 11 is 6.04. The fraction of sp³-hybridized carbons (Fsp3) is 0.300. The molecule has 136 valence electrons. The van der Waals surface area contributed by atoms with Gasteiger partial charge in [0.05, 0.1) is 23.8 Å². The highest BCUT2D eigenvalue weighted by Crippen LogP contribution is 2.31. The Morgan fingerprint density at radius 1 is 1.19 bits per heavy atom. The second-order valence-electron chi connectivity index (χ2n) is 6.59. The van der Waals surface area contributed by atoms with E-state index in [2.05, 4.69) is 23.2 Å². The van der Waals surface area contributed by atoms with Crippen molar-refractivity contribution in [1.82, 2.24) is 4.90 Å². The molecule has 1 aliphatic rings. The fourth-order valence-corrected chi connectivity index (χ4v) is 3.38. The zero-order chi connectivity index (χ0) is 18.7.